The molecule has 0 aromatic carbocycles. The molecule has 0 spiro atoms. The summed E-state index contributed by atoms with van der Waals surface area (Å²) < 4.78 is 0. The predicted octanol–water partition coefficient (Wildman–Crippen LogP) is 0.626. The lowest BCUT2D eigenvalue weighted by Gasteiger charge is -2.16. The van der Waals surface area contributed by atoms with Gasteiger partial charge in [-0.05, 0) is 13.1 Å². The van der Waals surface area contributed by atoms with E-state index in [4.69, 9.17) is 5.73 Å². The molecule has 0 saturated heterocycles. The van der Waals surface area contributed by atoms with Crippen molar-refractivity contribution in [3.63, 3.8) is 0 Å². The summed E-state index contributed by atoms with van der Waals surface area (Å²) >= 11 is 1.36. The molecule has 1 aromatic rings. The second kappa shape index (κ2) is 8.60. The van der Waals surface area contributed by atoms with E-state index in [1.165, 1.54) is 11.3 Å². The van der Waals surface area contributed by atoms with Crippen LogP contribution in [0, 0.1) is 0 Å². The molecule has 0 atom stereocenters. The molecule has 2 amide bonds. The van der Waals surface area contributed by atoms with E-state index in [-0.39, 0.29) is 18.7 Å². The normalized spacial score (nSPS) is 10.8. The molecule has 0 unspecified atom stereocenters. The van der Waals surface area contributed by atoms with Gasteiger partial charge in [0.1, 0.15) is 5.01 Å². The fraction of sp³-hybridized carbons (Fsp3) is 0.667. The van der Waals surface area contributed by atoms with Crippen molar-refractivity contribution in [2.24, 2.45) is 5.73 Å². The molecule has 0 bridgehead atoms. The Morgan fingerprint density at radius 3 is 2.55 bits per heavy atom. The first-order valence-electron chi connectivity index (χ1n) is 6.68. The Morgan fingerprint density at radius 1 is 1.25 bits per heavy atom. The third kappa shape index (κ3) is 6.07. The van der Waals surface area contributed by atoms with E-state index >= 15 is 0 Å². The van der Waals surface area contributed by atoms with Gasteiger partial charge in [0.15, 0.2) is 0 Å². The van der Waals surface area contributed by atoms with E-state index < -0.39 is 5.91 Å². The predicted molar refractivity (Wildman–Crippen MR) is 78.5 cm³/mol. The van der Waals surface area contributed by atoms with Crippen molar-refractivity contribution in [2.45, 2.75) is 33.1 Å². The number of rotatable bonds is 9. The molecule has 0 radical (unpaired) electrons. The highest BCUT2D eigenvalue weighted by Gasteiger charge is 2.10. The number of nitrogens with two attached hydrogens (primary N) is 1. The third-order valence-corrected chi connectivity index (χ3v) is 3.75. The minimum absolute atomic E-state index is 0.0411. The number of hydrogen-bond donors (Lipinski definition) is 2. The van der Waals surface area contributed by atoms with Crippen molar-refractivity contribution in [1.29, 1.82) is 0 Å². The summed E-state index contributed by atoms with van der Waals surface area (Å²) in [6.45, 7) is 7.18. The summed E-state index contributed by atoms with van der Waals surface area (Å²) in [7, 11) is 0. The fourth-order valence-corrected chi connectivity index (χ4v) is 2.36. The number of nitrogens with zero attached hydrogens (tertiary/aromatic N) is 3. The molecule has 0 aliphatic heterocycles. The van der Waals surface area contributed by atoms with Gasteiger partial charge in [-0.3, -0.25) is 9.59 Å². The van der Waals surface area contributed by atoms with Crippen LogP contribution in [0.3, 0.4) is 0 Å². The van der Waals surface area contributed by atoms with Crippen LogP contribution in [0.1, 0.15) is 31.7 Å². The van der Waals surface area contributed by atoms with Crippen LogP contribution in [-0.4, -0.2) is 46.5 Å². The minimum atomic E-state index is -0.489. The average molecular weight is 299 g/mol. The zero-order chi connectivity index (χ0) is 15.0. The zero-order valence-corrected chi connectivity index (χ0v) is 12.7. The Bertz CT molecular complexity index is 445. The summed E-state index contributed by atoms with van der Waals surface area (Å²) in [5.41, 5.74) is 4.98. The number of carbonyl (C=O) groups excluding carboxylic acids is 2. The minimum Gasteiger partial charge on any atom is -0.370 e. The van der Waals surface area contributed by atoms with Gasteiger partial charge in [-0.15, -0.1) is 10.2 Å². The van der Waals surface area contributed by atoms with Crippen LogP contribution in [0.15, 0.2) is 0 Å². The molecule has 20 heavy (non-hydrogen) atoms. The van der Waals surface area contributed by atoms with E-state index in [1.807, 2.05) is 0 Å². The van der Waals surface area contributed by atoms with Gasteiger partial charge in [-0.2, -0.15) is 0 Å². The molecule has 1 rings (SSSR count). The highest BCUT2D eigenvalue weighted by Crippen LogP contribution is 2.16. The van der Waals surface area contributed by atoms with E-state index in [0.717, 1.165) is 31.1 Å². The van der Waals surface area contributed by atoms with Gasteiger partial charge in [0.25, 0.3) is 0 Å². The van der Waals surface area contributed by atoms with Crippen molar-refractivity contribution < 1.29 is 9.59 Å². The SMILES string of the molecule is CCN(CC)CCc1nnc(NC(=O)CCC(N)=O)s1. The lowest BCUT2D eigenvalue weighted by Crippen LogP contribution is -2.25. The van der Waals surface area contributed by atoms with Crippen molar-refractivity contribution in [3.8, 4) is 0 Å². The van der Waals surface area contributed by atoms with Crippen LogP contribution in [0.5, 0.6) is 0 Å². The maximum Gasteiger partial charge on any atom is 0.226 e. The van der Waals surface area contributed by atoms with Crippen molar-refractivity contribution in [3.05, 3.63) is 5.01 Å². The first-order valence-corrected chi connectivity index (χ1v) is 7.49. The van der Waals surface area contributed by atoms with E-state index in [1.54, 1.807) is 0 Å². The molecule has 1 aromatic heterocycles. The third-order valence-electron chi connectivity index (χ3n) is 2.85. The number of nitrogens with one attached hydrogen (secondary N) is 1. The number of amides is 2. The lowest BCUT2D eigenvalue weighted by molar-refractivity contribution is -0.122. The van der Waals surface area contributed by atoms with E-state index in [0.29, 0.717) is 5.13 Å². The van der Waals surface area contributed by atoms with Gasteiger partial charge in [-0.25, -0.2) is 0 Å². The molecule has 0 aliphatic rings. The Hall–Kier alpha value is -1.54. The van der Waals surface area contributed by atoms with Crippen molar-refractivity contribution in [2.75, 3.05) is 25.0 Å². The molecule has 112 valence electrons. The number of likely N-dealkylation sites (N-methyl/N-ethyl adjacent to an activating group) is 1. The fourth-order valence-electron chi connectivity index (χ4n) is 1.62. The van der Waals surface area contributed by atoms with Crippen LogP contribution in [0.25, 0.3) is 0 Å². The lowest BCUT2D eigenvalue weighted by atomic mass is 10.3. The first-order chi connectivity index (χ1) is 9.55. The molecular formula is C12H21N5O2S. The highest BCUT2D eigenvalue weighted by molar-refractivity contribution is 7.15. The van der Waals surface area contributed by atoms with Crippen LogP contribution in [-0.2, 0) is 16.0 Å². The van der Waals surface area contributed by atoms with Crippen LogP contribution < -0.4 is 11.1 Å². The topological polar surface area (TPSA) is 101 Å². The second-order valence-corrected chi connectivity index (χ2v) is 5.35. The zero-order valence-electron chi connectivity index (χ0n) is 11.9. The van der Waals surface area contributed by atoms with Gasteiger partial charge in [-0.1, -0.05) is 25.2 Å². The van der Waals surface area contributed by atoms with E-state index in [9.17, 15) is 9.59 Å². The number of anilines is 1. The Kier molecular flexibility index (Phi) is 7.10. The van der Waals surface area contributed by atoms with Crippen molar-refractivity contribution >= 4 is 28.3 Å². The standard InChI is InChI=1S/C12H21N5O2S/c1-3-17(4-2)8-7-11-15-16-12(20-11)14-10(19)6-5-9(13)18/h3-8H2,1-2H3,(H2,13,18)(H,14,16,19). The van der Waals surface area contributed by atoms with Crippen molar-refractivity contribution in [1.82, 2.24) is 15.1 Å². The first kappa shape index (κ1) is 16.5. The quantitative estimate of drug-likeness (QED) is 0.696. The van der Waals surface area contributed by atoms with Crippen LogP contribution >= 0.6 is 11.3 Å². The van der Waals surface area contributed by atoms with Gasteiger partial charge < -0.3 is 16.0 Å². The molecule has 0 saturated carbocycles. The van der Waals surface area contributed by atoms with Crippen LogP contribution in [0.2, 0.25) is 0 Å². The molecule has 1 heterocycles. The molecule has 0 aliphatic carbocycles. The summed E-state index contributed by atoms with van der Waals surface area (Å²) in [6, 6.07) is 0. The Morgan fingerprint density at radius 2 is 1.95 bits per heavy atom. The monoisotopic (exact) mass is 299 g/mol. The summed E-state index contributed by atoms with van der Waals surface area (Å²) in [4.78, 5) is 24.4. The van der Waals surface area contributed by atoms with Gasteiger partial charge in [0.05, 0.1) is 0 Å². The number of primary amides is 1. The smallest absolute Gasteiger partial charge is 0.226 e. The maximum atomic E-state index is 11.5. The van der Waals surface area contributed by atoms with Crippen LogP contribution in [0.4, 0.5) is 5.13 Å². The molecule has 8 heteroatoms. The second-order valence-electron chi connectivity index (χ2n) is 4.29. The Labute approximate surface area is 122 Å². The molecular weight excluding hydrogens is 278 g/mol. The highest BCUT2D eigenvalue weighted by atomic mass is 32.1. The Balaban J connectivity index is 2.39. The van der Waals surface area contributed by atoms with Gasteiger partial charge in [0.2, 0.25) is 16.9 Å². The number of aromatic nitrogens is 2. The van der Waals surface area contributed by atoms with E-state index in [2.05, 4.69) is 34.3 Å². The molecule has 7 nitrogen and oxygen atoms in total. The molecule has 0 fully saturated rings. The molecule has 3 N–H and O–H groups in total. The maximum absolute atomic E-state index is 11.5. The summed E-state index contributed by atoms with van der Waals surface area (Å²) in [5.74, 6) is -0.757. The number of hydrogen-bond acceptors (Lipinski definition) is 6. The largest absolute Gasteiger partial charge is 0.370 e. The average Bonchev–Trinajstić information content (AvgIpc) is 2.85. The number of carbonyl (C=O) groups is 2. The summed E-state index contributed by atoms with van der Waals surface area (Å²) in [5, 5.41) is 11.9. The van der Waals surface area contributed by atoms with Gasteiger partial charge >= 0.3 is 0 Å². The summed E-state index contributed by atoms with van der Waals surface area (Å²) in [6.07, 6.45) is 0.930. The van der Waals surface area contributed by atoms with Gasteiger partial charge in [0, 0.05) is 25.8 Å².